The van der Waals surface area contributed by atoms with E-state index in [1.165, 1.54) is 6.20 Å². The van der Waals surface area contributed by atoms with E-state index in [0.717, 1.165) is 0 Å². The normalized spacial score (nSPS) is 11.7. The molecule has 0 spiro atoms. The summed E-state index contributed by atoms with van der Waals surface area (Å²) >= 11 is 0. The Hall–Kier alpha value is -2.40. The van der Waals surface area contributed by atoms with Crippen LogP contribution >= 0.6 is 0 Å². The summed E-state index contributed by atoms with van der Waals surface area (Å²) in [5.41, 5.74) is 1.05. The summed E-state index contributed by atoms with van der Waals surface area (Å²) in [6.45, 7) is 0.0925. The zero-order valence-corrected chi connectivity index (χ0v) is 11.0. The van der Waals surface area contributed by atoms with Gasteiger partial charge in [0.2, 0.25) is 0 Å². The number of aromatic nitrogens is 1. The topological polar surface area (TPSA) is 68.7 Å². The first-order chi connectivity index (χ1) is 9.72. The molecule has 5 heteroatoms. The van der Waals surface area contributed by atoms with Crippen LogP contribution in [0.5, 0.6) is 11.5 Å². The Morgan fingerprint density at radius 3 is 2.80 bits per heavy atom. The molecule has 0 saturated heterocycles. The van der Waals surface area contributed by atoms with Crippen molar-refractivity contribution in [3.63, 3.8) is 0 Å². The van der Waals surface area contributed by atoms with E-state index < -0.39 is 6.10 Å². The van der Waals surface area contributed by atoms with Crippen LogP contribution in [0.3, 0.4) is 0 Å². The molecule has 0 aliphatic carbocycles. The zero-order chi connectivity index (χ0) is 14.4. The number of methoxy groups -OCH3 is 1. The van der Waals surface area contributed by atoms with Gasteiger partial charge in [0.1, 0.15) is 29.9 Å². The molecule has 1 heterocycles. The molecule has 0 saturated carbocycles. The van der Waals surface area contributed by atoms with Gasteiger partial charge in [0.15, 0.2) is 6.29 Å². The number of carbonyl (C=O) groups excluding carboxylic acids is 1. The standard InChI is InChI=1S/C15H15NO4/c1-19-13-4-2-3-11(7-13)15(18)10-20-14-6-5-12(9-17)16-8-14/h2-9,15,18H,10H2,1H3. The van der Waals surface area contributed by atoms with E-state index in [0.29, 0.717) is 29.0 Å². The number of aliphatic hydroxyl groups excluding tert-OH is 1. The fourth-order valence-electron chi connectivity index (χ4n) is 1.67. The van der Waals surface area contributed by atoms with E-state index in [9.17, 15) is 9.90 Å². The molecule has 104 valence electrons. The summed E-state index contributed by atoms with van der Waals surface area (Å²) in [6, 6.07) is 10.3. The smallest absolute Gasteiger partial charge is 0.168 e. The molecule has 1 unspecified atom stereocenters. The summed E-state index contributed by atoms with van der Waals surface area (Å²) in [5, 5.41) is 10.0. The van der Waals surface area contributed by atoms with Crippen LogP contribution in [-0.2, 0) is 0 Å². The molecule has 5 nitrogen and oxygen atoms in total. The predicted molar refractivity (Wildman–Crippen MR) is 73.1 cm³/mol. The highest BCUT2D eigenvalue weighted by atomic mass is 16.5. The van der Waals surface area contributed by atoms with E-state index in [1.54, 1.807) is 43.5 Å². The second-order valence-electron chi connectivity index (χ2n) is 4.14. The Morgan fingerprint density at radius 1 is 1.30 bits per heavy atom. The number of ether oxygens (including phenoxy) is 2. The number of hydrogen-bond donors (Lipinski definition) is 1. The molecule has 0 amide bonds. The fourth-order valence-corrected chi connectivity index (χ4v) is 1.67. The molecular formula is C15H15NO4. The van der Waals surface area contributed by atoms with Gasteiger partial charge in [-0.1, -0.05) is 12.1 Å². The molecule has 0 aliphatic rings. The minimum Gasteiger partial charge on any atom is -0.497 e. The summed E-state index contributed by atoms with van der Waals surface area (Å²) in [4.78, 5) is 14.4. The third-order valence-electron chi connectivity index (χ3n) is 2.77. The molecule has 1 N–H and O–H groups in total. The average molecular weight is 273 g/mol. The number of nitrogens with zero attached hydrogens (tertiary/aromatic N) is 1. The van der Waals surface area contributed by atoms with E-state index in [4.69, 9.17) is 9.47 Å². The zero-order valence-electron chi connectivity index (χ0n) is 11.0. The van der Waals surface area contributed by atoms with Crippen molar-refractivity contribution in [3.05, 3.63) is 53.9 Å². The highest BCUT2D eigenvalue weighted by Crippen LogP contribution is 2.20. The number of pyridine rings is 1. The van der Waals surface area contributed by atoms with Crippen LogP contribution in [0, 0.1) is 0 Å². The van der Waals surface area contributed by atoms with Gasteiger partial charge in [-0.25, -0.2) is 4.98 Å². The summed E-state index contributed by atoms with van der Waals surface area (Å²) in [7, 11) is 1.57. The molecule has 1 atom stereocenters. The van der Waals surface area contributed by atoms with Crippen LogP contribution in [0.25, 0.3) is 0 Å². The predicted octanol–water partition coefficient (Wildman–Crippen LogP) is 2.02. The average Bonchev–Trinajstić information content (AvgIpc) is 2.53. The monoisotopic (exact) mass is 273 g/mol. The lowest BCUT2D eigenvalue weighted by Crippen LogP contribution is -2.10. The van der Waals surface area contributed by atoms with Gasteiger partial charge < -0.3 is 14.6 Å². The van der Waals surface area contributed by atoms with Gasteiger partial charge in [0.05, 0.1) is 13.3 Å². The van der Waals surface area contributed by atoms with Crippen molar-refractivity contribution in [2.75, 3.05) is 13.7 Å². The molecular weight excluding hydrogens is 258 g/mol. The summed E-state index contributed by atoms with van der Waals surface area (Å²) in [6.07, 6.45) is 1.34. The second-order valence-corrected chi connectivity index (χ2v) is 4.14. The maximum Gasteiger partial charge on any atom is 0.168 e. The Labute approximate surface area is 116 Å². The number of aldehydes is 1. The molecule has 2 rings (SSSR count). The highest BCUT2D eigenvalue weighted by Gasteiger charge is 2.09. The van der Waals surface area contributed by atoms with E-state index in [2.05, 4.69) is 4.98 Å². The number of aliphatic hydroxyl groups is 1. The van der Waals surface area contributed by atoms with Crippen molar-refractivity contribution >= 4 is 6.29 Å². The third-order valence-corrected chi connectivity index (χ3v) is 2.77. The molecule has 0 bridgehead atoms. The van der Waals surface area contributed by atoms with Gasteiger partial charge in [0, 0.05) is 0 Å². The van der Waals surface area contributed by atoms with Gasteiger partial charge in [-0.3, -0.25) is 4.79 Å². The number of rotatable bonds is 6. The molecule has 0 fully saturated rings. The highest BCUT2D eigenvalue weighted by molar-refractivity contribution is 5.71. The Morgan fingerprint density at radius 2 is 2.15 bits per heavy atom. The van der Waals surface area contributed by atoms with Gasteiger partial charge in [-0.2, -0.15) is 0 Å². The van der Waals surface area contributed by atoms with Gasteiger partial charge in [0.25, 0.3) is 0 Å². The van der Waals surface area contributed by atoms with Crippen molar-refractivity contribution in [2.24, 2.45) is 0 Å². The maximum absolute atomic E-state index is 10.5. The third kappa shape index (κ3) is 3.55. The minimum atomic E-state index is -0.768. The molecule has 20 heavy (non-hydrogen) atoms. The number of carbonyl (C=O) groups is 1. The lowest BCUT2D eigenvalue weighted by molar-refractivity contribution is 0.107. The van der Waals surface area contributed by atoms with E-state index >= 15 is 0 Å². The van der Waals surface area contributed by atoms with Crippen LogP contribution in [0.1, 0.15) is 22.2 Å². The Balaban J connectivity index is 1.96. The maximum atomic E-state index is 10.5. The van der Waals surface area contributed by atoms with E-state index in [1.807, 2.05) is 0 Å². The van der Waals surface area contributed by atoms with Crippen LogP contribution < -0.4 is 9.47 Å². The van der Waals surface area contributed by atoms with E-state index in [-0.39, 0.29) is 6.61 Å². The first kappa shape index (κ1) is 14.0. The Kier molecular flexibility index (Phi) is 4.68. The van der Waals surface area contributed by atoms with Gasteiger partial charge in [-0.15, -0.1) is 0 Å². The fraction of sp³-hybridized carbons (Fsp3) is 0.200. The molecule has 2 aromatic rings. The van der Waals surface area contributed by atoms with Gasteiger partial charge >= 0.3 is 0 Å². The van der Waals surface area contributed by atoms with Crippen LogP contribution in [0.2, 0.25) is 0 Å². The minimum absolute atomic E-state index is 0.0925. The number of hydrogen-bond acceptors (Lipinski definition) is 5. The molecule has 1 aromatic heterocycles. The van der Waals surface area contributed by atoms with Crippen LogP contribution in [-0.4, -0.2) is 30.1 Å². The lowest BCUT2D eigenvalue weighted by atomic mass is 10.1. The summed E-state index contributed by atoms with van der Waals surface area (Å²) < 4.78 is 10.5. The lowest BCUT2D eigenvalue weighted by Gasteiger charge is -2.13. The van der Waals surface area contributed by atoms with Crippen molar-refractivity contribution in [1.82, 2.24) is 4.98 Å². The van der Waals surface area contributed by atoms with Crippen molar-refractivity contribution < 1.29 is 19.4 Å². The van der Waals surface area contributed by atoms with Crippen molar-refractivity contribution in [3.8, 4) is 11.5 Å². The number of benzene rings is 1. The quantitative estimate of drug-likeness (QED) is 0.815. The molecule has 0 aliphatic heterocycles. The summed E-state index contributed by atoms with van der Waals surface area (Å²) in [5.74, 6) is 1.18. The van der Waals surface area contributed by atoms with Crippen LogP contribution in [0.4, 0.5) is 0 Å². The SMILES string of the molecule is COc1cccc(C(O)COc2ccc(C=O)nc2)c1. The van der Waals surface area contributed by atoms with Gasteiger partial charge in [-0.05, 0) is 29.8 Å². The van der Waals surface area contributed by atoms with Crippen molar-refractivity contribution in [2.45, 2.75) is 6.10 Å². The first-order valence-electron chi connectivity index (χ1n) is 6.09. The molecule has 1 aromatic carbocycles. The Bertz CT molecular complexity index is 568. The second kappa shape index (κ2) is 6.68. The van der Waals surface area contributed by atoms with Crippen molar-refractivity contribution in [1.29, 1.82) is 0 Å². The molecule has 0 radical (unpaired) electrons. The first-order valence-corrected chi connectivity index (χ1v) is 6.09. The largest absolute Gasteiger partial charge is 0.497 e. The van der Waals surface area contributed by atoms with Crippen LogP contribution in [0.15, 0.2) is 42.6 Å².